The van der Waals surface area contributed by atoms with Crippen LogP contribution < -0.4 is 10.5 Å². The lowest BCUT2D eigenvalue weighted by atomic mass is 10.0. The Morgan fingerprint density at radius 2 is 2.27 bits per heavy atom. The number of hydrogen-bond donors (Lipinski definition) is 1. The van der Waals surface area contributed by atoms with Crippen LogP contribution in [0.2, 0.25) is 0 Å². The molecular weight excluding hydrogens is 277 g/mol. The van der Waals surface area contributed by atoms with Gasteiger partial charge >= 0.3 is 0 Å². The van der Waals surface area contributed by atoms with Gasteiger partial charge in [0.25, 0.3) is 0 Å². The lowest BCUT2D eigenvalue weighted by molar-refractivity contribution is 0.405. The molecular formula is C11H15BrClNO. The van der Waals surface area contributed by atoms with E-state index in [0.29, 0.717) is 0 Å². The number of hydrogen-bond acceptors (Lipinski definition) is 2. The molecule has 0 saturated carbocycles. The maximum atomic E-state index is 5.98. The van der Waals surface area contributed by atoms with E-state index in [1.807, 2.05) is 24.3 Å². The standard InChI is InChI=1S/C11H14BrNO.ClH/c1-3-4-10(13)9-7-8(12)5-6-11(9)14-2;/h3,5-7,10H,1,4,13H2,2H3;1H/t10-;/m1./s1. The number of ether oxygens (including phenoxy) is 1. The van der Waals surface area contributed by atoms with Crippen molar-refractivity contribution in [3.8, 4) is 5.75 Å². The van der Waals surface area contributed by atoms with Crippen molar-refractivity contribution in [3.05, 3.63) is 40.9 Å². The Morgan fingerprint density at radius 1 is 1.60 bits per heavy atom. The van der Waals surface area contributed by atoms with Gasteiger partial charge in [-0.05, 0) is 24.6 Å². The van der Waals surface area contributed by atoms with Crippen LogP contribution >= 0.6 is 28.3 Å². The van der Waals surface area contributed by atoms with Crippen LogP contribution in [0.3, 0.4) is 0 Å². The summed E-state index contributed by atoms with van der Waals surface area (Å²) in [7, 11) is 1.65. The van der Waals surface area contributed by atoms with Crippen LogP contribution in [0, 0.1) is 0 Å². The van der Waals surface area contributed by atoms with Crippen LogP contribution in [-0.2, 0) is 0 Å². The van der Waals surface area contributed by atoms with Gasteiger partial charge in [0.1, 0.15) is 5.75 Å². The number of benzene rings is 1. The summed E-state index contributed by atoms with van der Waals surface area (Å²) < 4.78 is 6.24. The highest BCUT2D eigenvalue weighted by atomic mass is 79.9. The number of methoxy groups -OCH3 is 1. The topological polar surface area (TPSA) is 35.2 Å². The van der Waals surface area contributed by atoms with E-state index in [-0.39, 0.29) is 18.4 Å². The van der Waals surface area contributed by atoms with Crippen LogP contribution in [0.15, 0.2) is 35.3 Å². The van der Waals surface area contributed by atoms with Crippen LogP contribution in [0.25, 0.3) is 0 Å². The summed E-state index contributed by atoms with van der Waals surface area (Å²) >= 11 is 3.41. The fourth-order valence-corrected chi connectivity index (χ4v) is 1.68. The fraction of sp³-hybridized carbons (Fsp3) is 0.273. The van der Waals surface area contributed by atoms with Crippen molar-refractivity contribution in [2.24, 2.45) is 5.73 Å². The van der Waals surface area contributed by atoms with Gasteiger partial charge in [-0.25, -0.2) is 0 Å². The Kier molecular flexibility index (Phi) is 6.65. The van der Waals surface area contributed by atoms with Crippen molar-refractivity contribution in [2.75, 3.05) is 7.11 Å². The normalized spacial score (nSPS) is 11.4. The maximum Gasteiger partial charge on any atom is 0.123 e. The van der Waals surface area contributed by atoms with Crippen molar-refractivity contribution in [3.63, 3.8) is 0 Å². The quantitative estimate of drug-likeness (QED) is 0.863. The minimum Gasteiger partial charge on any atom is -0.496 e. The lowest BCUT2D eigenvalue weighted by Gasteiger charge is -2.14. The van der Waals surface area contributed by atoms with Gasteiger partial charge in [-0.2, -0.15) is 0 Å². The van der Waals surface area contributed by atoms with Crippen molar-refractivity contribution in [2.45, 2.75) is 12.5 Å². The molecule has 1 aromatic carbocycles. The molecule has 1 aromatic rings. The van der Waals surface area contributed by atoms with E-state index in [1.54, 1.807) is 7.11 Å². The highest BCUT2D eigenvalue weighted by Gasteiger charge is 2.10. The van der Waals surface area contributed by atoms with E-state index in [2.05, 4.69) is 22.5 Å². The number of rotatable bonds is 4. The zero-order chi connectivity index (χ0) is 10.6. The van der Waals surface area contributed by atoms with Gasteiger partial charge in [-0.15, -0.1) is 19.0 Å². The number of halogens is 2. The van der Waals surface area contributed by atoms with E-state index in [1.165, 1.54) is 0 Å². The first-order valence-electron chi connectivity index (χ1n) is 4.39. The second kappa shape index (κ2) is 6.88. The Hall–Kier alpha value is -0.510. The Balaban J connectivity index is 0.00000196. The summed E-state index contributed by atoms with van der Waals surface area (Å²) in [4.78, 5) is 0. The molecule has 0 amide bonds. The smallest absolute Gasteiger partial charge is 0.123 e. The molecule has 0 radical (unpaired) electrons. The van der Waals surface area contributed by atoms with Gasteiger partial charge in [0.05, 0.1) is 7.11 Å². The zero-order valence-electron chi connectivity index (χ0n) is 8.57. The molecule has 0 aliphatic heterocycles. The maximum absolute atomic E-state index is 5.98. The SMILES string of the molecule is C=CC[C@@H](N)c1cc(Br)ccc1OC.Cl. The first-order chi connectivity index (χ1) is 6.69. The third kappa shape index (κ3) is 3.86. The van der Waals surface area contributed by atoms with Crippen molar-refractivity contribution < 1.29 is 4.74 Å². The molecule has 0 aliphatic rings. The van der Waals surface area contributed by atoms with Crippen molar-refractivity contribution in [1.82, 2.24) is 0 Å². The lowest BCUT2D eigenvalue weighted by Crippen LogP contribution is -2.10. The average molecular weight is 293 g/mol. The predicted molar refractivity (Wildman–Crippen MR) is 69.7 cm³/mol. The molecule has 2 nitrogen and oxygen atoms in total. The second-order valence-corrected chi connectivity index (χ2v) is 3.93. The van der Waals surface area contributed by atoms with Gasteiger partial charge in [0.2, 0.25) is 0 Å². The second-order valence-electron chi connectivity index (χ2n) is 3.02. The molecule has 0 unspecified atom stereocenters. The molecule has 0 aromatic heterocycles. The first-order valence-corrected chi connectivity index (χ1v) is 5.18. The van der Waals surface area contributed by atoms with E-state index in [9.17, 15) is 0 Å². The Morgan fingerprint density at radius 3 is 2.80 bits per heavy atom. The molecule has 4 heteroatoms. The van der Waals surface area contributed by atoms with Gasteiger partial charge in [-0.1, -0.05) is 22.0 Å². The summed E-state index contributed by atoms with van der Waals surface area (Å²) in [5, 5.41) is 0. The van der Waals surface area contributed by atoms with Crippen LogP contribution in [0.1, 0.15) is 18.0 Å². The Labute approximate surface area is 105 Å². The molecule has 1 rings (SSSR count). The number of nitrogens with two attached hydrogens (primary N) is 1. The van der Waals surface area contributed by atoms with E-state index >= 15 is 0 Å². The molecule has 15 heavy (non-hydrogen) atoms. The first kappa shape index (κ1) is 14.5. The molecule has 0 fully saturated rings. The summed E-state index contributed by atoms with van der Waals surface area (Å²) in [6, 6.07) is 5.76. The van der Waals surface area contributed by atoms with Gasteiger partial charge in [0.15, 0.2) is 0 Å². The van der Waals surface area contributed by atoms with E-state index in [0.717, 1.165) is 22.2 Å². The molecule has 0 saturated heterocycles. The minimum atomic E-state index is -0.0556. The molecule has 0 spiro atoms. The summed E-state index contributed by atoms with van der Waals surface area (Å²) in [5.74, 6) is 0.822. The average Bonchev–Trinajstić information content (AvgIpc) is 2.18. The summed E-state index contributed by atoms with van der Waals surface area (Å²) in [6.07, 6.45) is 2.55. The molecule has 0 bridgehead atoms. The largest absolute Gasteiger partial charge is 0.496 e. The van der Waals surface area contributed by atoms with E-state index in [4.69, 9.17) is 10.5 Å². The molecule has 0 aliphatic carbocycles. The fourth-order valence-electron chi connectivity index (χ4n) is 1.30. The highest BCUT2D eigenvalue weighted by molar-refractivity contribution is 9.10. The van der Waals surface area contributed by atoms with Gasteiger partial charge in [-0.3, -0.25) is 0 Å². The van der Waals surface area contributed by atoms with Crippen LogP contribution in [0.5, 0.6) is 5.75 Å². The Bertz CT molecular complexity index is 330. The molecule has 2 N–H and O–H groups in total. The van der Waals surface area contributed by atoms with Gasteiger partial charge < -0.3 is 10.5 Å². The summed E-state index contributed by atoms with van der Waals surface area (Å²) in [5.41, 5.74) is 6.98. The predicted octanol–water partition coefficient (Wildman–Crippen LogP) is 3.46. The molecule has 0 heterocycles. The van der Waals surface area contributed by atoms with Crippen molar-refractivity contribution >= 4 is 28.3 Å². The van der Waals surface area contributed by atoms with Gasteiger partial charge in [0, 0.05) is 16.1 Å². The van der Waals surface area contributed by atoms with Crippen molar-refractivity contribution in [1.29, 1.82) is 0 Å². The molecule has 84 valence electrons. The third-order valence-corrected chi connectivity index (χ3v) is 2.51. The van der Waals surface area contributed by atoms with Crippen LogP contribution in [0.4, 0.5) is 0 Å². The highest BCUT2D eigenvalue weighted by Crippen LogP contribution is 2.28. The monoisotopic (exact) mass is 291 g/mol. The summed E-state index contributed by atoms with van der Waals surface area (Å²) in [6.45, 7) is 3.67. The zero-order valence-corrected chi connectivity index (χ0v) is 11.0. The molecule has 1 atom stereocenters. The van der Waals surface area contributed by atoms with Crippen LogP contribution in [-0.4, -0.2) is 7.11 Å². The third-order valence-electron chi connectivity index (χ3n) is 2.01. The van der Waals surface area contributed by atoms with E-state index < -0.39 is 0 Å². The minimum absolute atomic E-state index is 0.